The molecule has 0 fully saturated rings. The smallest absolute Gasteiger partial charge is 0.283 e. The fraction of sp³-hybridized carbons (Fsp3) is 0.375. The highest BCUT2D eigenvalue weighted by Crippen LogP contribution is 2.14. The number of nitrogens with one attached hydrogen (secondary N) is 1. The van der Waals surface area contributed by atoms with Crippen molar-refractivity contribution in [3.8, 4) is 0 Å². The van der Waals surface area contributed by atoms with Crippen LogP contribution in [0.25, 0.3) is 0 Å². The lowest BCUT2D eigenvalue weighted by atomic mass is 10.5. The van der Waals surface area contributed by atoms with Crippen LogP contribution in [0.15, 0.2) is 23.6 Å². The summed E-state index contributed by atoms with van der Waals surface area (Å²) in [5, 5.41) is 1.97. The van der Waals surface area contributed by atoms with Crippen molar-refractivity contribution < 1.29 is 17.8 Å². The number of carbonyl (C=O) groups is 1. The first kappa shape index (κ1) is 14.2. The van der Waals surface area contributed by atoms with Crippen LogP contribution in [0.1, 0.15) is 6.92 Å². The molecule has 0 aromatic rings. The molecule has 0 unspecified atom stereocenters. The van der Waals surface area contributed by atoms with E-state index in [9.17, 15) is 13.2 Å². The molecule has 0 aliphatic carbocycles. The van der Waals surface area contributed by atoms with E-state index in [1.807, 2.05) is 0 Å². The number of carbonyl (C=O) groups excluding carboxylic acids is 1. The van der Waals surface area contributed by atoms with Crippen molar-refractivity contribution in [2.24, 2.45) is 0 Å². The summed E-state index contributed by atoms with van der Waals surface area (Å²) < 4.78 is 29.0. The van der Waals surface area contributed by atoms with Crippen LogP contribution in [-0.4, -0.2) is 30.5 Å². The first-order valence-electron chi connectivity index (χ1n) is 4.05. The van der Waals surface area contributed by atoms with Gasteiger partial charge < -0.3 is 5.32 Å². The molecule has 0 aromatic heterocycles. The Kier molecular flexibility index (Phi) is 6.30. The number of amides is 1. The summed E-state index contributed by atoms with van der Waals surface area (Å²) in [5.74, 6) is -0.483. The predicted molar refractivity (Wildman–Crippen MR) is 61.4 cm³/mol. The molecule has 0 aliphatic rings. The molecule has 0 spiro atoms. The fourth-order valence-electron chi connectivity index (χ4n) is 0.664. The van der Waals surface area contributed by atoms with E-state index < -0.39 is 15.9 Å². The lowest BCUT2D eigenvalue weighted by Crippen LogP contribution is -2.25. The fourth-order valence-corrected chi connectivity index (χ4v) is 1.66. The molecule has 0 aliphatic heterocycles. The van der Waals surface area contributed by atoms with Gasteiger partial charge in [-0.15, -0.1) is 0 Å². The maximum absolute atomic E-state index is 11.1. The quantitative estimate of drug-likeness (QED) is 0.570. The Bertz CT molecular complexity index is 359. The molecular weight excluding hydrogens is 238 g/mol. The van der Waals surface area contributed by atoms with Gasteiger partial charge >= 0.3 is 0 Å². The summed E-state index contributed by atoms with van der Waals surface area (Å²) in [7, 11) is -4.01. The van der Waals surface area contributed by atoms with Crippen LogP contribution in [-0.2, 0) is 10.1 Å². The van der Waals surface area contributed by atoms with E-state index in [4.69, 9.17) is 4.55 Å². The number of hydrogen-bond donors (Lipinski definition) is 2. The lowest BCUT2D eigenvalue weighted by Gasteiger charge is -2.02. The van der Waals surface area contributed by atoms with Crippen LogP contribution in [0.4, 0.5) is 4.79 Å². The average molecular weight is 251 g/mol. The number of allylic oxidation sites excluding steroid dienone is 3. The largest absolute Gasteiger partial charge is 0.346 e. The highest BCUT2D eigenvalue weighted by molar-refractivity contribution is 8.16. The van der Waals surface area contributed by atoms with Crippen LogP contribution in [0, 0.1) is 0 Å². The second kappa shape index (κ2) is 6.65. The molecule has 0 bridgehead atoms. The second-order valence-corrected chi connectivity index (χ2v) is 5.41. The van der Waals surface area contributed by atoms with E-state index in [1.165, 1.54) is 0 Å². The van der Waals surface area contributed by atoms with Crippen LogP contribution >= 0.6 is 11.8 Å². The SMILES string of the molecule is C=C/C=C(/C)SC(=O)NCCS(=O)(=O)O. The molecule has 0 aromatic carbocycles. The van der Waals surface area contributed by atoms with Gasteiger partial charge in [0.05, 0.1) is 5.75 Å². The normalized spacial score (nSPS) is 12.3. The Labute approximate surface area is 93.4 Å². The van der Waals surface area contributed by atoms with E-state index in [-0.39, 0.29) is 11.8 Å². The molecule has 0 heterocycles. The summed E-state index contributed by atoms with van der Waals surface area (Å²) in [6.07, 6.45) is 3.21. The third kappa shape index (κ3) is 9.51. The van der Waals surface area contributed by atoms with Crippen LogP contribution in [0.3, 0.4) is 0 Å². The van der Waals surface area contributed by atoms with E-state index in [0.29, 0.717) is 0 Å². The second-order valence-electron chi connectivity index (χ2n) is 2.62. The topological polar surface area (TPSA) is 83.5 Å². The summed E-state index contributed by atoms with van der Waals surface area (Å²) >= 11 is 0.938. The molecule has 86 valence electrons. The number of rotatable bonds is 5. The van der Waals surface area contributed by atoms with Crippen molar-refractivity contribution in [2.75, 3.05) is 12.3 Å². The Morgan fingerprint density at radius 2 is 2.20 bits per heavy atom. The van der Waals surface area contributed by atoms with Gasteiger partial charge in [-0.2, -0.15) is 8.42 Å². The van der Waals surface area contributed by atoms with Crippen molar-refractivity contribution in [3.63, 3.8) is 0 Å². The standard InChI is InChI=1S/C8H13NO4S2/c1-3-4-7(2)14-8(10)9-5-6-15(11,12)13/h3-4H,1,5-6H2,2H3,(H,9,10)(H,11,12,13)/b7-4-. The zero-order valence-corrected chi connectivity index (χ0v) is 9.90. The van der Waals surface area contributed by atoms with E-state index in [0.717, 1.165) is 16.7 Å². The molecular formula is C8H13NO4S2. The van der Waals surface area contributed by atoms with Crippen LogP contribution < -0.4 is 5.32 Å². The Hall–Kier alpha value is -0.790. The van der Waals surface area contributed by atoms with Gasteiger partial charge in [0.2, 0.25) is 0 Å². The molecule has 1 amide bonds. The van der Waals surface area contributed by atoms with Gasteiger partial charge in [-0.25, -0.2) is 0 Å². The Balaban J connectivity index is 3.86. The first-order valence-corrected chi connectivity index (χ1v) is 6.48. The molecule has 7 heteroatoms. The summed E-state index contributed by atoms with van der Waals surface area (Å²) in [6, 6.07) is 0. The zero-order chi connectivity index (χ0) is 11.9. The van der Waals surface area contributed by atoms with Gasteiger partial charge in [0.1, 0.15) is 0 Å². The molecule has 0 saturated heterocycles. The van der Waals surface area contributed by atoms with Gasteiger partial charge in [0.15, 0.2) is 0 Å². The molecule has 0 radical (unpaired) electrons. The van der Waals surface area contributed by atoms with Crippen molar-refractivity contribution >= 4 is 27.1 Å². The minimum absolute atomic E-state index is 0.105. The van der Waals surface area contributed by atoms with Crippen molar-refractivity contribution in [1.29, 1.82) is 0 Å². The van der Waals surface area contributed by atoms with Crippen LogP contribution in [0.2, 0.25) is 0 Å². The molecule has 2 N–H and O–H groups in total. The molecule has 0 atom stereocenters. The van der Waals surface area contributed by atoms with Crippen molar-refractivity contribution in [1.82, 2.24) is 5.32 Å². The minimum Gasteiger partial charge on any atom is -0.346 e. The lowest BCUT2D eigenvalue weighted by molar-refractivity contribution is 0.261. The Morgan fingerprint density at radius 1 is 1.60 bits per heavy atom. The maximum Gasteiger partial charge on any atom is 0.283 e. The van der Waals surface area contributed by atoms with Gasteiger partial charge in [-0.05, 0) is 23.6 Å². The minimum atomic E-state index is -4.01. The third-order valence-electron chi connectivity index (χ3n) is 1.24. The molecule has 15 heavy (non-hydrogen) atoms. The maximum atomic E-state index is 11.1. The van der Waals surface area contributed by atoms with Gasteiger partial charge in [-0.3, -0.25) is 9.35 Å². The van der Waals surface area contributed by atoms with Crippen LogP contribution in [0.5, 0.6) is 0 Å². The average Bonchev–Trinajstić information content (AvgIpc) is 2.01. The highest BCUT2D eigenvalue weighted by atomic mass is 32.2. The van der Waals surface area contributed by atoms with Gasteiger partial charge in [-0.1, -0.05) is 18.7 Å². The first-order chi connectivity index (χ1) is 6.85. The van der Waals surface area contributed by atoms with E-state index in [2.05, 4.69) is 11.9 Å². The van der Waals surface area contributed by atoms with Crippen molar-refractivity contribution in [3.05, 3.63) is 23.6 Å². The summed E-state index contributed by atoms with van der Waals surface area (Å²) in [6.45, 7) is 5.09. The Morgan fingerprint density at radius 3 is 2.67 bits per heavy atom. The number of hydrogen-bond acceptors (Lipinski definition) is 4. The third-order valence-corrected chi connectivity index (χ3v) is 2.74. The summed E-state index contributed by atoms with van der Waals surface area (Å²) in [5.41, 5.74) is 0. The van der Waals surface area contributed by atoms with E-state index in [1.54, 1.807) is 19.1 Å². The van der Waals surface area contributed by atoms with Gasteiger partial charge in [0.25, 0.3) is 15.4 Å². The number of thioether (sulfide) groups is 1. The molecule has 0 rings (SSSR count). The molecule has 0 saturated carbocycles. The zero-order valence-electron chi connectivity index (χ0n) is 8.26. The predicted octanol–water partition coefficient (Wildman–Crippen LogP) is 1.41. The summed E-state index contributed by atoms with van der Waals surface area (Å²) in [4.78, 5) is 11.9. The van der Waals surface area contributed by atoms with E-state index >= 15 is 0 Å². The van der Waals surface area contributed by atoms with Crippen molar-refractivity contribution in [2.45, 2.75) is 6.92 Å². The molecule has 5 nitrogen and oxygen atoms in total. The highest BCUT2D eigenvalue weighted by Gasteiger charge is 2.06. The monoisotopic (exact) mass is 251 g/mol. The van der Waals surface area contributed by atoms with Gasteiger partial charge in [0, 0.05) is 6.54 Å².